The van der Waals surface area contributed by atoms with Crippen LogP contribution in [0.5, 0.6) is 0 Å². The molecule has 76 valence electrons. The first-order valence-corrected chi connectivity index (χ1v) is 5.30. The molecule has 0 unspecified atom stereocenters. The number of carboxylic acid groups (broad SMARTS) is 1. The van der Waals surface area contributed by atoms with E-state index in [0.717, 1.165) is 12.1 Å². The van der Waals surface area contributed by atoms with Gasteiger partial charge in [-0.15, -0.1) is 11.3 Å². The van der Waals surface area contributed by atoms with Crippen LogP contribution in [0.2, 0.25) is 0 Å². The maximum absolute atomic E-state index is 11.0. The van der Waals surface area contributed by atoms with Gasteiger partial charge in [-0.3, -0.25) is 4.90 Å². The summed E-state index contributed by atoms with van der Waals surface area (Å²) in [5.41, 5.74) is 2.38. The SMILES string of the molecule is CC1(C)Cc2scnc2CN1C(=O)O. The summed E-state index contributed by atoms with van der Waals surface area (Å²) in [6, 6.07) is 0. The number of rotatable bonds is 0. The van der Waals surface area contributed by atoms with Gasteiger partial charge < -0.3 is 5.11 Å². The van der Waals surface area contributed by atoms with E-state index in [1.165, 1.54) is 9.78 Å². The number of amides is 1. The largest absolute Gasteiger partial charge is 0.465 e. The van der Waals surface area contributed by atoms with Crippen molar-refractivity contribution in [2.45, 2.75) is 32.4 Å². The van der Waals surface area contributed by atoms with E-state index in [2.05, 4.69) is 4.98 Å². The smallest absolute Gasteiger partial charge is 0.408 e. The molecule has 0 aromatic carbocycles. The van der Waals surface area contributed by atoms with Crippen LogP contribution in [0.15, 0.2) is 5.51 Å². The molecule has 0 spiro atoms. The van der Waals surface area contributed by atoms with E-state index < -0.39 is 6.09 Å². The number of hydrogen-bond acceptors (Lipinski definition) is 3. The maximum Gasteiger partial charge on any atom is 0.408 e. The van der Waals surface area contributed by atoms with Gasteiger partial charge >= 0.3 is 6.09 Å². The van der Waals surface area contributed by atoms with E-state index in [0.29, 0.717) is 6.54 Å². The number of hydrogen-bond donors (Lipinski definition) is 1. The van der Waals surface area contributed by atoms with E-state index >= 15 is 0 Å². The normalized spacial score (nSPS) is 19.1. The zero-order valence-electron chi connectivity index (χ0n) is 8.15. The fourth-order valence-corrected chi connectivity index (χ4v) is 2.74. The van der Waals surface area contributed by atoms with Crippen LogP contribution in [0.4, 0.5) is 4.79 Å². The molecule has 4 nitrogen and oxygen atoms in total. The first kappa shape index (κ1) is 9.45. The van der Waals surface area contributed by atoms with Gasteiger partial charge in [0.1, 0.15) is 0 Å². The van der Waals surface area contributed by atoms with Crippen molar-refractivity contribution in [3.8, 4) is 0 Å². The summed E-state index contributed by atoms with van der Waals surface area (Å²) < 4.78 is 0. The average molecular weight is 212 g/mol. The lowest BCUT2D eigenvalue weighted by Gasteiger charge is -2.39. The van der Waals surface area contributed by atoms with Gasteiger partial charge in [-0.2, -0.15) is 0 Å². The zero-order chi connectivity index (χ0) is 10.3. The molecular formula is C9H12N2O2S. The van der Waals surface area contributed by atoms with E-state index in [4.69, 9.17) is 5.11 Å². The Balaban J connectivity index is 2.37. The van der Waals surface area contributed by atoms with Crippen molar-refractivity contribution in [1.29, 1.82) is 0 Å². The van der Waals surface area contributed by atoms with Crippen molar-refractivity contribution in [3.05, 3.63) is 16.1 Å². The molecular weight excluding hydrogens is 200 g/mol. The van der Waals surface area contributed by atoms with Crippen LogP contribution in [-0.4, -0.2) is 26.6 Å². The number of aromatic nitrogens is 1. The second kappa shape index (κ2) is 2.95. The molecule has 1 aliphatic heterocycles. The zero-order valence-corrected chi connectivity index (χ0v) is 8.97. The van der Waals surface area contributed by atoms with Gasteiger partial charge in [0.05, 0.1) is 17.7 Å². The molecule has 0 aliphatic carbocycles. The van der Waals surface area contributed by atoms with E-state index in [-0.39, 0.29) is 5.54 Å². The molecule has 0 fully saturated rings. The molecule has 0 radical (unpaired) electrons. The summed E-state index contributed by atoms with van der Waals surface area (Å²) in [7, 11) is 0. The molecule has 0 bridgehead atoms. The van der Waals surface area contributed by atoms with E-state index in [1.807, 2.05) is 13.8 Å². The van der Waals surface area contributed by atoms with Crippen LogP contribution in [0.1, 0.15) is 24.4 Å². The molecule has 2 rings (SSSR count). The Hall–Kier alpha value is -1.10. The van der Waals surface area contributed by atoms with E-state index in [1.54, 1.807) is 16.8 Å². The lowest BCUT2D eigenvalue weighted by Crippen LogP contribution is -2.50. The van der Waals surface area contributed by atoms with Gasteiger partial charge in [0, 0.05) is 16.8 Å². The highest BCUT2D eigenvalue weighted by molar-refractivity contribution is 7.09. The highest BCUT2D eigenvalue weighted by Gasteiger charge is 2.37. The number of fused-ring (bicyclic) bond motifs is 1. The number of nitrogens with zero attached hydrogens (tertiary/aromatic N) is 2. The fourth-order valence-electron chi connectivity index (χ4n) is 1.74. The second-order valence-corrected chi connectivity index (χ2v) is 5.02. The van der Waals surface area contributed by atoms with Crippen molar-refractivity contribution in [3.63, 3.8) is 0 Å². The summed E-state index contributed by atoms with van der Waals surface area (Å²) in [5.74, 6) is 0. The van der Waals surface area contributed by atoms with Crippen LogP contribution in [0, 0.1) is 0 Å². The lowest BCUT2D eigenvalue weighted by molar-refractivity contribution is 0.0797. The van der Waals surface area contributed by atoms with Crippen molar-refractivity contribution in [1.82, 2.24) is 9.88 Å². The molecule has 1 aliphatic rings. The quantitative estimate of drug-likeness (QED) is 0.715. The van der Waals surface area contributed by atoms with Crippen LogP contribution in [0.3, 0.4) is 0 Å². The Kier molecular flexibility index (Phi) is 1.99. The third-order valence-corrected chi connectivity index (χ3v) is 3.46. The molecule has 1 amide bonds. The van der Waals surface area contributed by atoms with Crippen molar-refractivity contribution < 1.29 is 9.90 Å². The Labute approximate surface area is 86.2 Å². The van der Waals surface area contributed by atoms with Gasteiger partial charge in [0.2, 0.25) is 0 Å². The van der Waals surface area contributed by atoms with Gasteiger partial charge in [0.25, 0.3) is 0 Å². The van der Waals surface area contributed by atoms with Crippen molar-refractivity contribution in [2.24, 2.45) is 0 Å². The highest BCUT2D eigenvalue weighted by atomic mass is 32.1. The summed E-state index contributed by atoms with van der Waals surface area (Å²) in [5, 5.41) is 9.04. The lowest BCUT2D eigenvalue weighted by atomic mass is 9.93. The molecule has 2 heterocycles. The van der Waals surface area contributed by atoms with Crippen LogP contribution < -0.4 is 0 Å². The summed E-state index contributed by atoms with van der Waals surface area (Å²) in [6.45, 7) is 4.31. The molecule has 5 heteroatoms. The summed E-state index contributed by atoms with van der Waals surface area (Å²) in [4.78, 5) is 17.8. The molecule has 14 heavy (non-hydrogen) atoms. The minimum Gasteiger partial charge on any atom is -0.465 e. The van der Waals surface area contributed by atoms with Crippen molar-refractivity contribution >= 4 is 17.4 Å². The second-order valence-electron chi connectivity index (χ2n) is 4.08. The predicted octanol–water partition coefficient (Wildman–Crippen LogP) is 1.96. The Bertz CT molecular complexity index is 373. The molecule has 1 aromatic heterocycles. The standard InChI is InChI=1S/C9H12N2O2S/c1-9(2)3-7-6(10-5-14-7)4-11(9)8(12)13/h5H,3-4H2,1-2H3,(H,12,13). The number of carbonyl (C=O) groups is 1. The first-order chi connectivity index (χ1) is 6.50. The van der Waals surface area contributed by atoms with Gasteiger partial charge in [-0.1, -0.05) is 0 Å². The average Bonchev–Trinajstić information content (AvgIpc) is 2.46. The van der Waals surface area contributed by atoms with Crippen LogP contribution >= 0.6 is 11.3 Å². The minimum atomic E-state index is -0.867. The first-order valence-electron chi connectivity index (χ1n) is 4.42. The van der Waals surface area contributed by atoms with Crippen LogP contribution in [-0.2, 0) is 13.0 Å². The monoisotopic (exact) mass is 212 g/mol. The topological polar surface area (TPSA) is 53.4 Å². The molecule has 1 N–H and O–H groups in total. The molecule has 0 saturated carbocycles. The summed E-state index contributed by atoms with van der Waals surface area (Å²) in [6.07, 6.45) is -0.104. The predicted molar refractivity (Wildman–Crippen MR) is 53.5 cm³/mol. The number of thiazole rings is 1. The maximum atomic E-state index is 11.0. The fraction of sp³-hybridized carbons (Fsp3) is 0.556. The Morgan fingerprint density at radius 1 is 1.71 bits per heavy atom. The third kappa shape index (κ3) is 1.37. The van der Waals surface area contributed by atoms with Gasteiger partial charge in [-0.05, 0) is 13.8 Å². The van der Waals surface area contributed by atoms with Crippen LogP contribution in [0.25, 0.3) is 0 Å². The third-order valence-electron chi connectivity index (χ3n) is 2.59. The Morgan fingerprint density at radius 2 is 2.43 bits per heavy atom. The summed E-state index contributed by atoms with van der Waals surface area (Å²) >= 11 is 1.61. The highest BCUT2D eigenvalue weighted by Crippen LogP contribution is 2.32. The minimum absolute atomic E-state index is 0.314. The van der Waals surface area contributed by atoms with E-state index in [9.17, 15) is 4.79 Å². The molecule has 0 atom stereocenters. The Morgan fingerprint density at radius 3 is 3.07 bits per heavy atom. The molecule has 0 saturated heterocycles. The van der Waals surface area contributed by atoms with Gasteiger partial charge in [-0.25, -0.2) is 9.78 Å². The molecule has 1 aromatic rings. The van der Waals surface area contributed by atoms with Crippen molar-refractivity contribution in [2.75, 3.05) is 0 Å². The van der Waals surface area contributed by atoms with Gasteiger partial charge in [0.15, 0.2) is 0 Å².